The average Bonchev–Trinajstić information content (AvgIpc) is 3.52. The minimum Gasteiger partial charge on any atom is -0.378 e. The molecule has 0 saturated carbocycles. The number of aromatic nitrogens is 3. The van der Waals surface area contributed by atoms with E-state index in [1.165, 1.54) is 17.4 Å². The van der Waals surface area contributed by atoms with E-state index in [1.807, 2.05) is 28.9 Å². The number of benzene rings is 1. The molecule has 0 radical (unpaired) electrons. The van der Waals surface area contributed by atoms with Crippen molar-refractivity contribution >= 4 is 40.2 Å². The number of amidine groups is 1. The number of amides is 1. The van der Waals surface area contributed by atoms with Gasteiger partial charge < -0.3 is 14.5 Å². The van der Waals surface area contributed by atoms with E-state index in [1.54, 1.807) is 0 Å². The Morgan fingerprint density at radius 1 is 0.946 bits per heavy atom. The van der Waals surface area contributed by atoms with Crippen molar-refractivity contribution in [2.24, 2.45) is 4.99 Å². The van der Waals surface area contributed by atoms with Crippen molar-refractivity contribution < 1.29 is 9.53 Å². The van der Waals surface area contributed by atoms with Crippen molar-refractivity contribution in [3.05, 3.63) is 53.2 Å². The topological polar surface area (TPSA) is 78.6 Å². The first-order valence-electron chi connectivity index (χ1n) is 12.8. The summed E-state index contributed by atoms with van der Waals surface area (Å²) in [6, 6.07) is 13.1. The number of carbonyl (C=O) groups excluding carboxylic acids is 1. The second-order valence-corrected chi connectivity index (χ2v) is 10.8. The summed E-state index contributed by atoms with van der Waals surface area (Å²) in [4.78, 5) is 29.0. The van der Waals surface area contributed by atoms with Crippen LogP contribution < -0.4 is 4.90 Å². The summed E-state index contributed by atoms with van der Waals surface area (Å²) in [5.74, 6) is -0.218. The highest BCUT2D eigenvalue weighted by molar-refractivity contribution is 8.18. The Kier molecular flexibility index (Phi) is 6.71. The van der Waals surface area contributed by atoms with Crippen molar-refractivity contribution in [2.45, 2.75) is 19.9 Å². The largest absolute Gasteiger partial charge is 0.378 e. The number of fused-ring (bicyclic) bond motifs is 1. The van der Waals surface area contributed by atoms with Gasteiger partial charge >= 0.3 is 0 Å². The third-order valence-corrected chi connectivity index (χ3v) is 8.17. The predicted molar refractivity (Wildman–Crippen MR) is 148 cm³/mol. The fourth-order valence-electron chi connectivity index (χ4n) is 4.92. The second-order valence-electron chi connectivity index (χ2n) is 9.74. The van der Waals surface area contributed by atoms with E-state index < -0.39 is 0 Å². The van der Waals surface area contributed by atoms with E-state index in [2.05, 4.69) is 62.8 Å². The molecule has 5 heterocycles. The fraction of sp³-hybridized carbons (Fsp3) is 0.407. The normalized spacial score (nSPS) is 20.5. The molecule has 0 bridgehead atoms. The van der Waals surface area contributed by atoms with Gasteiger partial charge in [-0.3, -0.25) is 9.69 Å². The van der Waals surface area contributed by atoms with Gasteiger partial charge in [0.1, 0.15) is 0 Å². The highest BCUT2D eigenvalue weighted by Crippen LogP contribution is 2.31. The van der Waals surface area contributed by atoms with E-state index in [9.17, 15) is 4.79 Å². The zero-order valence-electron chi connectivity index (χ0n) is 21.2. The van der Waals surface area contributed by atoms with Gasteiger partial charge in [-0.05, 0) is 56.0 Å². The number of thioether (sulfide) groups is 1. The Bertz CT molecular complexity index is 1350. The SMILES string of the molecule is CC(C)N1CCN(c2ccc(-c3cnc4ccc(C=C5SC(N6CCOCC6)=NC5=O)nn34)cc2)CC1. The summed E-state index contributed by atoms with van der Waals surface area (Å²) >= 11 is 1.40. The molecule has 0 atom stereocenters. The van der Waals surface area contributed by atoms with E-state index in [0.717, 1.165) is 61.3 Å². The van der Waals surface area contributed by atoms with E-state index in [0.29, 0.717) is 29.9 Å². The number of nitrogens with zero attached hydrogens (tertiary/aromatic N) is 7. The van der Waals surface area contributed by atoms with Crippen LogP contribution >= 0.6 is 11.8 Å². The molecule has 192 valence electrons. The van der Waals surface area contributed by atoms with Gasteiger partial charge in [0.05, 0.1) is 35.7 Å². The fourth-order valence-corrected chi connectivity index (χ4v) is 5.87. The maximum atomic E-state index is 12.6. The van der Waals surface area contributed by atoms with Crippen LogP contribution in [0.15, 0.2) is 52.5 Å². The maximum absolute atomic E-state index is 12.6. The summed E-state index contributed by atoms with van der Waals surface area (Å²) < 4.78 is 7.25. The molecule has 1 amide bonds. The minimum absolute atomic E-state index is 0.218. The number of rotatable bonds is 4. The molecule has 0 aliphatic carbocycles. The van der Waals surface area contributed by atoms with Crippen LogP contribution in [0.2, 0.25) is 0 Å². The van der Waals surface area contributed by atoms with Crippen molar-refractivity contribution in [1.29, 1.82) is 0 Å². The Labute approximate surface area is 220 Å². The van der Waals surface area contributed by atoms with Crippen molar-refractivity contribution in [2.75, 3.05) is 57.4 Å². The standard InChI is InChI=1S/C27H31N7O2S/c1-19(2)31-9-11-32(12-10-31)22-6-3-20(4-7-22)23-18-28-25-8-5-21(30-34(23)25)17-24-26(35)29-27(37-24)33-13-15-36-16-14-33/h3-8,17-19H,9-16H2,1-2H3. The van der Waals surface area contributed by atoms with Gasteiger partial charge in [0.2, 0.25) is 0 Å². The summed E-state index contributed by atoms with van der Waals surface area (Å²) in [6.45, 7) is 11.6. The minimum atomic E-state index is -0.218. The molecule has 0 N–H and O–H groups in total. The first-order valence-corrected chi connectivity index (χ1v) is 13.7. The molecule has 6 rings (SSSR count). The van der Waals surface area contributed by atoms with Crippen LogP contribution in [0.4, 0.5) is 5.69 Å². The maximum Gasteiger partial charge on any atom is 0.286 e. The van der Waals surface area contributed by atoms with Gasteiger partial charge in [-0.25, -0.2) is 9.50 Å². The zero-order chi connectivity index (χ0) is 25.4. The summed E-state index contributed by atoms with van der Waals surface area (Å²) in [5, 5.41) is 5.54. The number of anilines is 1. The van der Waals surface area contributed by atoms with Crippen LogP contribution in [-0.4, -0.2) is 94.0 Å². The lowest BCUT2D eigenvalue weighted by Crippen LogP contribution is -2.48. The van der Waals surface area contributed by atoms with Crippen LogP contribution in [0.5, 0.6) is 0 Å². The summed E-state index contributed by atoms with van der Waals surface area (Å²) in [7, 11) is 0. The van der Waals surface area contributed by atoms with Crippen LogP contribution in [0.25, 0.3) is 23.0 Å². The third-order valence-electron chi connectivity index (χ3n) is 7.13. The number of imidazole rings is 1. The van der Waals surface area contributed by atoms with Crippen LogP contribution in [0.3, 0.4) is 0 Å². The molecular formula is C27H31N7O2S. The van der Waals surface area contributed by atoms with E-state index in [4.69, 9.17) is 9.84 Å². The lowest BCUT2D eigenvalue weighted by Gasteiger charge is -2.38. The number of hydrogen-bond acceptors (Lipinski definition) is 8. The molecule has 3 aromatic rings. The number of piperazine rings is 1. The number of morpholine rings is 1. The predicted octanol–water partition coefficient (Wildman–Crippen LogP) is 3.23. The van der Waals surface area contributed by atoms with Crippen molar-refractivity contribution in [1.82, 2.24) is 24.4 Å². The highest BCUT2D eigenvalue weighted by Gasteiger charge is 2.27. The van der Waals surface area contributed by atoms with Gasteiger partial charge in [0.15, 0.2) is 10.8 Å². The summed E-state index contributed by atoms with van der Waals surface area (Å²) in [6.07, 6.45) is 3.66. The first-order chi connectivity index (χ1) is 18.0. The molecule has 2 fully saturated rings. The Morgan fingerprint density at radius 2 is 1.70 bits per heavy atom. The van der Waals surface area contributed by atoms with Crippen molar-refractivity contribution in [3.8, 4) is 11.3 Å². The van der Waals surface area contributed by atoms with Gasteiger partial charge in [-0.2, -0.15) is 10.1 Å². The van der Waals surface area contributed by atoms with E-state index in [-0.39, 0.29) is 5.91 Å². The molecular weight excluding hydrogens is 486 g/mol. The number of carbonyl (C=O) groups is 1. The zero-order valence-corrected chi connectivity index (χ0v) is 22.0. The molecule has 0 unspecified atom stereocenters. The molecule has 10 heteroatoms. The average molecular weight is 518 g/mol. The van der Waals surface area contributed by atoms with E-state index >= 15 is 0 Å². The number of hydrogen-bond donors (Lipinski definition) is 0. The number of ether oxygens (including phenoxy) is 1. The molecule has 0 spiro atoms. The molecule has 2 saturated heterocycles. The van der Waals surface area contributed by atoms with Gasteiger partial charge in [-0.15, -0.1) is 0 Å². The quantitative estimate of drug-likeness (QED) is 0.488. The summed E-state index contributed by atoms with van der Waals surface area (Å²) in [5.41, 5.74) is 4.68. The lowest BCUT2D eigenvalue weighted by molar-refractivity contribution is -0.113. The molecule has 3 aliphatic heterocycles. The van der Waals surface area contributed by atoms with Crippen LogP contribution in [0, 0.1) is 0 Å². The molecule has 37 heavy (non-hydrogen) atoms. The third kappa shape index (κ3) is 5.01. The molecule has 3 aliphatic rings. The van der Waals surface area contributed by atoms with Crippen molar-refractivity contribution in [3.63, 3.8) is 0 Å². The lowest BCUT2D eigenvalue weighted by atomic mass is 10.1. The van der Waals surface area contributed by atoms with Gasteiger partial charge in [-0.1, -0.05) is 12.1 Å². The highest BCUT2D eigenvalue weighted by atomic mass is 32.2. The van der Waals surface area contributed by atoms with Gasteiger partial charge in [0.25, 0.3) is 5.91 Å². The Morgan fingerprint density at radius 3 is 2.43 bits per heavy atom. The smallest absolute Gasteiger partial charge is 0.286 e. The Hall–Kier alpha value is -3.21. The van der Waals surface area contributed by atoms with Gasteiger partial charge in [0, 0.05) is 56.6 Å². The first kappa shape index (κ1) is 24.1. The number of aliphatic imine (C=N–C) groups is 1. The van der Waals surface area contributed by atoms with Crippen LogP contribution in [-0.2, 0) is 9.53 Å². The monoisotopic (exact) mass is 517 g/mol. The van der Waals surface area contributed by atoms with Crippen LogP contribution in [0.1, 0.15) is 19.5 Å². The molecule has 1 aromatic carbocycles. The molecule has 2 aromatic heterocycles. The Balaban J connectivity index is 1.20. The second kappa shape index (κ2) is 10.3. The molecule has 9 nitrogen and oxygen atoms in total.